The Bertz CT molecular complexity index is 870. The van der Waals surface area contributed by atoms with E-state index in [2.05, 4.69) is 4.98 Å². The third-order valence-electron chi connectivity index (χ3n) is 3.41. The van der Waals surface area contributed by atoms with Crippen LogP contribution in [0.1, 0.15) is 5.56 Å². The monoisotopic (exact) mass is 369 g/mol. The van der Waals surface area contributed by atoms with E-state index in [1.165, 1.54) is 0 Å². The lowest BCUT2D eigenvalue weighted by Gasteiger charge is -2.12. The predicted molar refractivity (Wildman–Crippen MR) is 97.5 cm³/mol. The van der Waals surface area contributed by atoms with Gasteiger partial charge in [-0.2, -0.15) is 0 Å². The SMILES string of the molecule is O=C(COc1ccccc1Cl)OCc1ccccc1Oc1cccnc1. The highest BCUT2D eigenvalue weighted by Gasteiger charge is 2.10. The minimum absolute atomic E-state index is 0.0706. The van der Waals surface area contributed by atoms with Crippen molar-refractivity contribution in [3.05, 3.63) is 83.6 Å². The molecule has 0 aliphatic heterocycles. The number of aromatic nitrogens is 1. The number of halogens is 1. The van der Waals surface area contributed by atoms with E-state index in [1.54, 1.807) is 54.9 Å². The van der Waals surface area contributed by atoms with Gasteiger partial charge in [0.25, 0.3) is 0 Å². The first kappa shape index (κ1) is 17.8. The minimum Gasteiger partial charge on any atom is -0.480 e. The molecule has 0 radical (unpaired) electrons. The van der Waals surface area contributed by atoms with E-state index < -0.39 is 5.97 Å². The van der Waals surface area contributed by atoms with Gasteiger partial charge in [-0.1, -0.05) is 41.9 Å². The van der Waals surface area contributed by atoms with Crippen LogP contribution in [0.15, 0.2) is 73.1 Å². The maximum atomic E-state index is 11.9. The molecule has 0 unspecified atom stereocenters. The number of carbonyl (C=O) groups is 1. The highest BCUT2D eigenvalue weighted by Crippen LogP contribution is 2.25. The first-order valence-corrected chi connectivity index (χ1v) is 8.29. The van der Waals surface area contributed by atoms with E-state index >= 15 is 0 Å². The van der Waals surface area contributed by atoms with Crippen LogP contribution in [-0.4, -0.2) is 17.6 Å². The van der Waals surface area contributed by atoms with E-state index in [9.17, 15) is 4.79 Å². The predicted octanol–water partition coefficient (Wildman–Crippen LogP) is 4.65. The average Bonchev–Trinajstić information content (AvgIpc) is 2.67. The summed E-state index contributed by atoms with van der Waals surface area (Å²) in [5.74, 6) is 1.14. The molecule has 1 heterocycles. The molecule has 1 aromatic heterocycles. The Morgan fingerprint density at radius 1 is 0.962 bits per heavy atom. The molecule has 0 N–H and O–H groups in total. The summed E-state index contributed by atoms with van der Waals surface area (Å²) in [6.45, 7) is -0.156. The molecule has 0 amide bonds. The molecule has 0 aliphatic carbocycles. The van der Waals surface area contributed by atoms with E-state index in [4.69, 9.17) is 25.8 Å². The summed E-state index contributed by atoms with van der Waals surface area (Å²) in [5.41, 5.74) is 0.738. The number of nitrogens with zero attached hydrogens (tertiary/aromatic N) is 1. The van der Waals surface area contributed by atoms with E-state index in [0.717, 1.165) is 5.56 Å². The van der Waals surface area contributed by atoms with Gasteiger partial charge in [0.1, 0.15) is 23.9 Å². The first-order valence-electron chi connectivity index (χ1n) is 7.91. The van der Waals surface area contributed by atoms with Gasteiger partial charge < -0.3 is 14.2 Å². The van der Waals surface area contributed by atoms with Gasteiger partial charge in [-0.05, 0) is 30.3 Å². The number of rotatable bonds is 7. The molecule has 0 spiro atoms. The molecule has 0 aliphatic rings. The third kappa shape index (κ3) is 4.97. The number of hydrogen-bond donors (Lipinski definition) is 0. The fraction of sp³-hybridized carbons (Fsp3) is 0.100. The molecule has 6 heteroatoms. The molecular formula is C20H16ClNO4. The highest BCUT2D eigenvalue weighted by atomic mass is 35.5. The summed E-state index contributed by atoms with van der Waals surface area (Å²) in [4.78, 5) is 15.9. The molecule has 0 fully saturated rings. The van der Waals surface area contributed by atoms with Crippen molar-refractivity contribution < 1.29 is 19.0 Å². The van der Waals surface area contributed by atoms with Gasteiger partial charge in [0, 0.05) is 11.8 Å². The second kappa shape index (κ2) is 8.87. The Morgan fingerprint density at radius 3 is 2.50 bits per heavy atom. The molecule has 2 aromatic carbocycles. The Hall–Kier alpha value is -3.05. The summed E-state index contributed by atoms with van der Waals surface area (Å²) in [6, 6.07) is 17.8. The van der Waals surface area contributed by atoms with Crippen molar-refractivity contribution in [2.45, 2.75) is 6.61 Å². The van der Waals surface area contributed by atoms with Gasteiger partial charge in [-0.15, -0.1) is 0 Å². The lowest BCUT2D eigenvalue weighted by atomic mass is 10.2. The number of ether oxygens (including phenoxy) is 3. The molecule has 3 rings (SSSR count). The van der Waals surface area contributed by atoms with Gasteiger partial charge in [-0.3, -0.25) is 4.98 Å². The maximum absolute atomic E-state index is 11.9. The van der Waals surface area contributed by atoms with Crippen molar-refractivity contribution in [1.82, 2.24) is 4.98 Å². The normalized spacial score (nSPS) is 10.2. The van der Waals surface area contributed by atoms with Crippen LogP contribution in [0, 0.1) is 0 Å². The molecule has 5 nitrogen and oxygen atoms in total. The third-order valence-corrected chi connectivity index (χ3v) is 3.72. The topological polar surface area (TPSA) is 57.7 Å². The Morgan fingerprint density at radius 2 is 1.73 bits per heavy atom. The zero-order chi connectivity index (χ0) is 18.2. The number of benzene rings is 2. The molecule has 0 atom stereocenters. The van der Waals surface area contributed by atoms with Crippen molar-refractivity contribution in [2.75, 3.05) is 6.61 Å². The van der Waals surface area contributed by atoms with Crippen LogP contribution in [0.3, 0.4) is 0 Å². The van der Waals surface area contributed by atoms with Gasteiger partial charge in [0.05, 0.1) is 11.2 Å². The maximum Gasteiger partial charge on any atom is 0.344 e. The lowest BCUT2D eigenvalue weighted by molar-refractivity contribution is -0.147. The van der Waals surface area contributed by atoms with Gasteiger partial charge >= 0.3 is 5.97 Å². The van der Waals surface area contributed by atoms with Gasteiger partial charge in [-0.25, -0.2) is 4.79 Å². The average molecular weight is 370 g/mol. The molecule has 0 bridgehead atoms. The van der Waals surface area contributed by atoms with Crippen molar-refractivity contribution >= 4 is 17.6 Å². The standard InChI is InChI=1S/C20H16ClNO4/c21-17-8-2-4-10-19(17)24-14-20(23)25-13-15-6-1-3-9-18(15)26-16-7-5-11-22-12-16/h1-12H,13-14H2. The Kier molecular flexibility index (Phi) is 6.06. The van der Waals surface area contributed by atoms with E-state index in [0.29, 0.717) is 22.3 Å². The van der Waals surface area contributed by atoms with E-state index in [1.807, 2.05) is 18.2 Å². The molecule has 0 saturated heterocycles. The van der Waals surface area contributed by atoms with Crippen LogP contribution in [0.4, 0.5) is 0 Å². The largest absolute Gasteiger partial charge is 0.480 e. The Labute approximate surface area is 156 Å². The quantitative estimate of drug-likeness (QED) is 0.567. The van der Waals surface area contributed by atoms with E-state index in [-0.39, 0.29) is 13.2 Å². The van der Waals surface area contributed by atoms with Crippen molar-refractivity contribution in [3.8, 4) is 17.2 Å². The molecule has 0 saturated carbocycles. The zero-order valence-corrected chi connectivity index (χ0v) is 14.6. The molecule has 3 aromatic rings. The second-order valence-electron chi connectivity index (χ2n) is 5.28. The lowest BCUT2D eigenvalue weighted by Crippen LogP contribution is -2.15. The van der Waals surface area contributed by atoms with Crippen LogP contribution in [0.5, 0.6) is 17.2 Å². The first-order chi connectivity index (χ1) is 12.7. The van der Waals surface area contributed by atoms with Crippen LogP contribution in [-0.2, 0) is 16.1 Å². The molecular weight excluding hydrogens is 354 g/mol. The summed E-state index contributed by atoms with van der Waals surface area (Å²) in [7, 11) is 0. The summed E-state index contributed by atoms with van der Waals surface area (Å²) >= 11 is 5.98. The van der Waals surface area contributed by atoms with Gasteiger partial charge in [0.2, 0.25) is 0 Å². The molecule has 132 valence electrons. The van der Waals surface area contributed by atoms with Crippen LogP contribution < -0.4 is 9.47 Å². The van der Waals surface area contributed by atoms with Gasteiger partial charge in [0.15, 0.2) is 6.61 Å². The van der Waals surface area contributed by atoms with Crippen LogP contribution in [0.25, 0.3) is 0 Å². The number of pyridine rings is 1. The number of esters is 1. The van der Waals surface area contributed by atoms with Crippen molar-refractivity contribution in [3.63, 3.8) is 0 Å². The summed E-state index contributed by atoms with van der Waals surface area (Å²) < 4.78 is 16.4. The number of hydrogen-bond acceptors (Lipinski definition) is 5. The smallest absolute Gasteiger partial charge is 0.344 e. The molecule has 26 heavy (non-hydrogen) atoms. The highest BCUT2D eigenvalue weighted by molar-refractivity contribution is 6.32. The van der Waals surface area contributed by atoms with Crippen molar-refractivity contribution in [1.29, 1.82) is 0 Å². The van der Waals surface area contributed by atoms with Crippen LogP contribution >= 0.6 is 11.6 Å². The summed E-state index contributed by atoms with van der Waals surface area (Å²) in [5, 5.41) is 0.440. The number of para-hydroxylation sites is 2. The van der Waals surface area contributed by atoms with Crippen LogP contribution in [0.2, 0.25) is 5.02 Å². The number of carbonyl (C=O) groups excluding carboxylic acids is 1. The van der Waals surface area contributed by atoms with Crippen molar-refractivity contribution in [2.24, 2.45) is 0 Å². The minimum atomic E-state index is -0.499. The fourth-order valence-electron chi connectivity index (χ4n) is 2.16. The Balaban J connectivity index is 1.56. The zero-order valence-electron chi connectivity index (χ0n) is 13.8. The summed E-state index contributed by atoms with van der Waals surface area (Å²) in [6.07, 6.45) is 3.28. The fourth-order valence-corrected chi connectivity index (χ4v) is 2.35. The second-order valence-corrected chi connectivity index (χ2v) is 5.69.